The number of primary sulfonamides is 1. The van der Waals surface area contributed by atoms with Gasteiger partial charge in [0.15, 0.2) is 0 Å². The van der Waals surface area contributed by atoms with Crippen molar-refractivity contribution >= 4 is 20.9 Å². The van der Waals surface area contributed by atoms with E-state index < -0.39 is 10.0 Å². The van der Waals surface area contributed by atoms with Gasteiger partial charge in [-0.15, -0.1) is 0 Å². The summed E-state index contributed by atoms with van der Waals surface area (Å²) in [5.74, 6) is 0. The van der Waals surface area contributed by atoms with Crippen LogP contribution in [0.5, 0.6) is 0 Å². The van der Waals surface area contributed by atoms with Gasteiger partial charge < -0.3 is 9.47 Å². The van der Waals surface area contributed by atoms with E-state index >= 15 is 0 Å². The lowest BCUT2D eigenvalue weighted by Gasteiger charge is -2.24. The van der Waals surface area contributed by atoms with Gasteiger partial charge in [0, 0.05) is 36.3 Å². The molecule has 0 saturated heterocycles. The number of aromatic nitrogens is 1. The number of aryl methyl sites for hydroxylation is 1. The van der Waals surface area contributed by atoms with Crippen LogP contribution in [0.2, 0.25) is 0 Å². The lowest BCUT2D eigenvalue weighted by molar-refractivity contribution is 0.311. The van der Waals surface area contributed by atoms with Crippen molar-refractivity contribution in [3.05, 3.63) is 83.6 Å². The summed E-state index contributed by atoms with van der Waals surface area (Å²) in [5.41, 5.74) is 8.39. The minimum absolute atomic E-state index is 0.123. The van der Waals surface area contributed by atoms with Crippen LogP contribution in [0.25, 0.3) is 27.7 Å². The van der Waals surface area contributed by atoms with Crippen molar-refractivity contribution in [1.82, 2.24) is 9.47 Å². The second kappa shape index (κ2) is 7.34. The second-order valence-corrected chi connectivity index (χ2v) is 9.95. The van der Waals surface area contributed by atoms with E-state index in [9.17, 15) is 8.42 Å². The fraction of sp³-hybridized carbons (Fsp3) is 0.200. The molecular weight excluding hydrogens is 406 g/mol. The molecule has 4 aromatic rings. The van der Waals surface area contributed by atoms with Gasteiger partial charge >= 0.3 is 0 Å². The van der Waals surface area contributed by atoms with Gasteiger partial charge in [-0.3, -0.25) is 0 Å². The van der Waals surface area contributed by atoms with Gasteiger partial charge in [-0.25, -0.2) is 13.6 Å². The predicted octanol–water partition coefficient (Wildman–Crippen LogP) is 4.24. The van der Waals surface area contributed by atoms with Crippen molar-refractivity contribution in [1.29, 1.82) is 0 Å². The lowest BCUT2D eigenvalue weighted by Crippen LogP contribution is -2.27. The molecule has 0 atom stereocenters. The predicted molar refractivity (Wildman–Crippen MR) is 125 cm³/mol. The van der Waals surface area contributed by atoms with E-state index in [4.69, 9.17) is 5.14 Å². The summed E-state index contributed by atoms with van der Waals surface area (Å²) in [6, 6.07) is 21.8. The van der Waals surface area contributed by atoms with Gasteiger partial charge in [-0.05, 0) is 67.1 Å². The molecule has 0 radical (unpaired) electrons. The summed E-state index contributed by atoms with van der Waals surface area (Å²) in [4.78, 5) is 2.50. The standard InChI is InChI=1S/C25H25N3O2S/c1-17-6-11-24-22(14-17)23-16-27(2)13-12-25(23)28(24)20-5-3-4-19(15-20)18-7-9-21(10-8-18)31(26,29)30/h3-11,14-15H,12-13,16H2,1-2H3,(H2,26,29,30). The molecule has 0 fully saturated rings. The van der Waals surface area contributed by atoms with Gasteiger partial charge in [0.2, 0.25) is 10.0 Å². The van der Waals surface area contributed by atoms with Crippen molar-refractivity contribution in [2.45, 2.75) is 24.8 Å². The normalized spacial score (nSPS) is 14.7. The van der Waals surface area contributed by atoms with Crippen LogP contribution in [0.15, 0.2) is 71.6 Å². The zero-order valence-corrected chi connectivity index (χ0v) is 18.5. The molecule has 0 unspecified atom stereocenters. The molecule has 2 heterocycles. The highest BCUT2D eigenvalue weighted by molar-refractivity contribution is 7.89. The molecule has 3 aromatic carbocycles. The number of nitrogens with two attached hydrogens (primary N) is 1. The summed E-state index contributed by atoms with van der Waals surface area (Å²) in [6.45, 7) is 4.13. The van der Waals surface area contributed by atoms with Gasteiger partial charge in [0.1, 0.15) is 0 Å². The van der Waals surface area contributed by atoms with Gasteiger partial charge in [-0.1, -0.05) is 35.9 Å². The summed E-state index contributed by atoms with van der Waals surface area (Å²) in [6.07, 6.45) is 1.01. The van der Waals surface area contributed by atoms with Crippen LogP contribution in [0.1, 0.15) is 16.8 Å². The third-order valence-electron chi connectivity index (χ3n) is 6.12. The van der Waals surface area contributed by atoms with E-state index in [2.05, 4.69) is 59.8 Å². The highest BCUT2D eigenvalue weighted by Crippen LogP contribution is 2.35. The zero-order valence-electron chi connectivity index (χ0n) is 17.7. The van der Waals surface area contributed by atoms with Crippen LogP contribution < -0.4 is 5.14 Å². The molecule has 6 heteroatoms. The molecule has 1 aromatic heterocycles. The third kappa shape index (κ3) is 3.57. The highest BCUT2D eigenvalue weighted by Gasteiger charge is 2.23. The smallest absolute Gasteiger partial charge is 0.238 e. The second-order valence-electron chi connectivity index (χ2n) is 8.39. The Morgan fingerprint density at radius 2 is 1.71 bits per heavy atom. The van der Waals surface area contributed by atoms with Crippen molar-refractivity contribution in [3.8, 4) is 16.8 Å². The summed E-state index contributed by atoms with van der Waals surface area (Å²) >= 11 is 0. The van der Waals surface area contributed by atoms with Crippen LogP contribution in [0.3, 0.4) is 0 Å². The quantitative estimate of drug-likeness (QED) is 0.528. The Labute approximate surface area is 182 Å². The first-order valence-corrected chi connectivity index (χ1v) is 11.9. The van der Waals surface area contributed by atoms with E-state index in [1.807, 2.05) is 6.07 Å². The van der Waals surface area contributed by atoms with E-state index in [1.54, 1.807) is 24.3 Å². The van der Waals surface area contributed by atoms with Crippen LogP contribution >= 0.6 is 0 Å². The van der Waals surface area contributed by atoms with Crippen molar-refractivity contribution in [2.75, 3.05) is 13.6 Å². The number of benzene rings is 3. The van der Waals surface area contributed by atoms with Crippen molar-refractivity contribution in [3.63, 3.8) is 0 Å². The molecule has 0 saturated carbocycles. The monoisotopic (exact) mass is 431 g/mol. The highest BCUT2D eigenvalue weighted by atomic mass is 32.2. The first-order chi connectivity index (χ1) is 14.8. The van der Waals surface area contributed by atoms with Crippen molar-refractivity contribution < 1.29 is 8.42 Å². The number of hydrogen-bond acceptors (Lipinski definition) is 3. The number of nitrogens with zero attached hydrogens (tertiary/aromatic N) is 2. The summed E-state index contributed by atoms with van der Waals surface area (Å²) in [7, 11) is -1.52. The van der Waals surface area contributed by atoms with Crippen LogP contribution in [-0.2, 0) is 23.0 Å². The van der Waals surface area contributed by atoms with E-state index in [-0.39, 0.29) is 4.90 Å². The molecule has 31 heavy (non-hydrogen) atoms. The summed E-state index contributed by atoms with van der Waals surface area (Å²) in [5, 5.41) is 6.56. The van der Waals surface area contributed by atoms with Gasteiger partial charge in [-0.2, -0.15) is 0 Å². The fourth-order valence-electron chi connectivity index (χ4n) is 4.56. The molecule has 1 aliphatic rings. The lowest BCUT2D eigenvalue weighted by atomic mass is 10.0. The minimum atomic E-state index is -3.70. The number of sulfonamides is 1. The Balaban J connectivity index is 1.66. The average Bonchev–Trinajstić information content (AvgIpc) is 3.06. The molecule has 158 valence electrons. The van der Waals surface area contributed by atoms with Crippen LogP contribution in [0.4, 0.5) is 0 Å². The molecule has 0 aliphatic carbocycles. The number of hydrogen-bond donors (Lipinski definition) is 1. The molecule has 5 nitrogen and oxygen atoms in total. The Morgan fingerprint density at radius 3 is 2.45 bits per heavy atom. The number of likely N-dealkylation sites (N-methyl/N-ethyl adjacent to an activating group) is 1. The maximum absolute atomic E-state index is 11.6. The van der Waals surface area contributed by atoms with E-state index in [0.717, 1.165) is 36.3 Å². The Morgan fingerprint density at radius 1 is 0.935 bits per heavy atom. The largest absolute Gasteiger partial charge is 0.313 e. The Kier molecular flexibility index (Phi) is 4.73. The summed E-state index contributed by atoms with van der Waals surface area (Å²) < 4.78 is 25.5. The van der Waals surface area contributed by atoms with Crippen LogP contribution in [-0.4, -0.2) is 31.5 Å². The molecule has 5 rings (SSSR count). The average molecular weight is 432 g/mol. The topological polar surface area (TPSA) is 68.3 Å². The SMILES string of the molecule is Cc1ccc2c(c1)c1c(n2-c2cccc(-c3ccc(S(N)(=O)=O)cc3)c2)CCN(C)C1. The minimum Gasteiger partial charge on any atom is -0.313 e. The molecule has 0 bridgehead atoms. The molecular formula is C25H25N3O2S. The molecule has 2 N–H and O–H groups in total. The zero-order chi connectivity index (χ0) is 21.8. The maximum Gasteiger partial charge on any atom is 0.238 e. The number of rotatable bonds is 3. The van der Waals surface area contributed by atoms with Gasteiger partial charge in [0.25, 0.3) is 0 Å². The third-order valence-corrected chi connectivity index (χ3v) is 7.04. The maximum atomic E-state index is 11.6. The fourth-order valence-corrected chi connectivity index (χ4v) is 5.08. The first kappa shape index (κ1) is 20.0. The molecule has 0 spiro atoms. The van der Waals surface area contributed by atoms with Crippen LogP contribution in [0, 0.1) is 6.92 Å². The first-order valence-electron chi connectivity index (χ1n) is 10.4. The van der Waals surface area contributed by atoms with Gasteiger partial charge in [0.05, 0.1) is 10.4 Å². The van der Waals surface area contributed by atoms with Crippen molar-refractivity contribution in [2.24, 2.45) is 5.14 Å². The Hall–Kier alpha value is -2.93. The van der Waals surface area contributed by atoms with E-state index in [0.29, 0.717) is 0 Å². The number of fused-ring (bicyclic) bond motifs is 3. The van der Waals surface area contributed by atoms with E-state index in [1.165, 1.54) is 27.7 Å². The Bertz CT molecular complexity index is 1400. The molecule has 0 amide bonds. The molecule has 1 aliphatic heterocycles.